The van der Waals surface area contributed by atoms with Crippen LogP contribution < -0.4 is 10.1 Å². The van der Waals surface area contributed by atoms with Crippen LogP contribution in [0.15, 0.2) is 54.6 Å². The Morgan fingerprint density at radius 2 is 1.58 bits per heavy atom. The van der Waals surface area contributed by atoms with Gasteiger partial charge in [-0.2, -0.15) is 0 Å². The molecular weight excluding hydrogens is 234 g/mol. The highest BCUT2D eigenvalue weighted by Gasteiger charge is 2.15. The summed E-state index contributed by atoms with van der Waals surface area (Å²) >= 11 is 0. The Kier molecular flexibility index (Phi) is 3.80. The summed E-state index contributed by atoms with van der Waals surface area (Å²) < 4.78 is 5.89. The molecule has 2 aromatic rings. The molecule has 0 amide bonds. The molecule has 0 radical (unpaired) electrons. The fraction of sp³-hybridized carbons (Fsp3) is 0.294. The van der Waals surface area contributed by atoms with Crippen molar-refractivity contribution < 1.29 is 4.74 Å². The summed E-state index contributed by atoms with van der Waals surface area (Å²) in [7, 11) is 0. The van der Waals surface area contributed by atoms with Crippen LogP contribution in [0.4, 0.5) is 0 Å². The molecule has 19 heavy (non-hydrogen) atoms. The van der Waals surface area contributed by atoms with E-state index in [1.165, 1.54) is 18.4 Å². The van der Waals surface area contributed by atoms with Crippen molar-refractivity contribution in [3.63, 3.8) is 0 Å². The van der Waals surface area contributed by atoms with Gasteiger partial charge in [-0.15, -0.1) is 0 Å². The number of hydrogen-bond acceptors (Lipinski definition) is 2. The Morgan fingerprint density at radius 3 is 2.37 bits per heavy atom. The van der Waals surface area contributed by atoms with Gasteiger partial charge in [-0.1, -0.05) is 30.3 Å². The molecule has 0 bridgehead atoms. The van der Waals surface area contributed by atoms with Crippen LogP contribution in [0.3, 0.4) is 0 Å². The van der Waals surface area contributed by atoms with Crippen LogP contribution in [0.25, 0.3) is 0 Å². The maximum Gasteiger partial charge on any atom is 0.127 e. The van der Waals surface area contributed by atoms with Crippen molar-refractivity contribution in [2.45, 2.75) is 18.8 Å². The van der Waals surface area contributed by atoms with Crippen molar-refractivity contribution in [1.82, 2.24) is 5.32 Å². The second-order valence-electron chi connectivity index (χ2n) is 5.01. The molecule has 1 aliphatic rings. The third-order valence-corrected chi connectivity index (χ3v) is 3.65. The van der Waals surface area contributed by atoms with E-state index in [1.807, 2.05) is 36.4 Å². The molecule has 0 aliphatic carbocycles. The molecule has 1 fully saturated rings. The predicted molar refractivity (Wildman–Crippen MR) is 77.8 cm³/mol. The lowest BCUT2D eigenvalue weighted by Crippen LogP contribution is -2.26. The quantitative estimate of drug-likeness (QED) is 0.894. The number of para-hydroxylation sites is 1. The minimum Gasteiger partial charge on any atom is -0.457 e. The summed E-state index contributed by atoms with van der Waals surface area (Å²) in [6.45, 7) is 2.24. The summed E-state index contributed by atoms with van der Waals surface area (Å²) in [6.07, 6.45) is 2.43. The van der Waals surface area contributed by atoms with Gasteiger partial charge in [0.05, 0.1) is 0 Å². The SMILES string of the molecule is c1ccc(Oc2cccc(C3CCNCC3)c2)cc1. The predicted octanol–water partition coefficient (Wildman–Crippen LogP) is 3.95. The number of piperidine rings is 1. The largest absolute Gasteiger partial charge is 0.457 e. The molecule has 0 spiro atoms. The van der Waals surface area contributed by atoms with E-state index in [1.54, 1.807) is 0 Å². The highest BCUT2D eigenvalue weighted by Crippen LogP contribution is 2.29. The summed E-state index contributed by atoms with van der Waals surface area (Å²) in [4.78, 5) is 0. The Bertz CT molecular complexity index is 518. The normalized spacial score (nSPS) is 16.2. The highest BCUT2D eigenvalue weighted by molar-refractivity contribution is 5.35. The molecule has 1 aliphatic heterocycles. The van der Waals surface area contributed by atoms with Gasteiger partial charge in [0.25, 0.3) is 0 Å². The molecule has 1 N–H and O–H groups in total. The first kappa shape index (κ1) is 12.2. The van der Waals surface area contributed by atoms with E-state index in [0.29, 0.717) is 5.92 Å². The van der Waals surface area contributed by atoms with Crippen molar-refractivity contribution in [2.75, 3.05) is 13.1 Å². The lowest BCUT2D eigenvalue weighted by molar-refractivity contribution is 0.454. The zero-order valence-corrected chi connectivity index (χ0v) is 11.0. The Balaban J connectivity index is 1.76. The average Bonchev–Trinajstić information content (AvgIpc) is 2.49. The summed E-state index contributed by atoms with van der Waals surface area (Å²) in [5.41, 5.74) is 1.40. The molecule has 1 saturated heterocycles. The van der Waals surface area contributed by atoms with Gasteiger partial charge >= 0.3 is 0 Å². The molecule has 3 rings (SSSR count). The van der Waals surface area contributed by atoms with Gasteiger partial charge in [-0.3, -0.25) is 0 Å². The first-order chi connectivity index (χ1) is 9.42. The van der Waals surface area contributed by atoms with Gasteiger partial charge in [-0.25, -0.2) is 0 Å². The van der Waals surface area contributed by atoms with Crippen LogP contribution in [-0.2, 0) is 0 Å². The zero-order valence-electron chi connectivity index (χ0n) is 11.0. The Morgan fingerprint density at radius 1 is 0.842 bits per heavy atom. The van der Waals surface area contributed by atoms with Crippen molar-refractivity contribution >= 4 is 0 Å². The summed E-state index contributed by atoms with van der Waals surface area (Å²) in [5, 5.41) is 3.41. The molecule has 2 heteroatoms. The van der Waals surface area contributed by atoms with E-state index in [0.717, 1.165) is 24.6 Å². The fourth-order valence-electron chi connectivity index (χ4n) is 2.61. The van der Waals surface area contributed by atoms with Gasteiger partial charge < -0.3 is 10.1 Å². The molecule has 2 nitrogen and oxygen atoms in total. The standard InChI is InChI=1S/C17H19NO/c1-2-6-16(7-3-1)19-17-8-4-5-15(13-17)14-9-11-18-12-10-14/h1-8,13-14,18H,9-12H2. The van der Waals surface area contributed by atoms with Crippen molar-refractivity contribution in [3.8, 4) is 11.5 Å². The van der Waals surface area contributed by atoms with Gasteiger partial charge in [0.2, 0.25) is 0 Å². The van der Waals surface area contributed by atoms with E-state index >= 15 is 0 Å². The third-order valence-electron chi connectivity index (χ3n) is 3.65. The highest BCUT2D eigenvalue weighted by atomic mass is 16.5. The molecule has 98 valence electrons. The number of hydrogen-bond donors (Lipinski definition) is 1. The maximum atomic E-state index is 5.89. The molecule has 0 unspecified atom stereocenters. The molecular formula is C17H19NO. The van der Waals surface area contributed by atoms with Crippen molar-refractivity contribution in [2.24, 2.45) is 0 Å². The summed E-state index contributed by atoms with van der Waals surface area (Å²) in [6, 6.07) is 18.5. The van der Waals surface area contributed by atoms with Crippen molar-refractivity contribution in [1.29, 1.82) is 0 Å². The minimum atomic E-state index is 0.667. The molecule has 1 heterocycles. The molecule has 0 aromatic heterocycles. The van der Waals surface area contributed by atoms with E-state index in [-0.39, 0.29) is 0 Å². The molecule has 0 saturated carbocycles. The minimum absolute atomic E-state index is 0.667. The van der Waals surface area contributed by atoms with Gasteiger partial charge in [-0.05, 0) is 61.7 Å². The second kappa shape index (κ2) is 5.89. The van der Waals surface area contributed by atoms with E-state index in [2.05, 4.69) is 23.5 Å². The smallest absolute Gasteiger partial charge is 0.127 e. The number of nitrogens with one attached hydrogen (secondary N) is 1. The van der Waals surface area contributed by atoms with E-state index in [9.17, 15) is 0 Å². The van der Waals surface area contributed by atoms with Gasteiger partial charge in [0.1, 0.15) is 11.5 Å². The lowest BCUT2D eigenvalue weighted by atomic mass is 9.90. The Labute approximate surface area is 114 Å². The van der Waals surface area contributed by atoms with Gasteiger partial charge in [0, 0.05) is 0 Å². The number of rotatable bonds is 3. The zero-order chi connectivity index (χ0) is 12.9. The second-order valence-corrected chi connectivity index (χ2v) is 5.01. The van der Waals surface area contributed by atoms with Crippen LogP contribution in [0, 0.1) is 0 Å². The van der Waals surface area contributed by atoms with Gasteiger partial charge in [0.15, 0.2) is 0 Å². The maximum absolute atomic E-state index is 5.89. The number of benzene rings is 2. The average molecular weight is 253 g/mol. The lowest BCUT2D eigenvalue weighted by Gasteiger charge is -2.23. The van der Waals surface area contributed by atoms with Crippen LogP contribution in [-0.4, -0.2) is 13.1 Å². The number of ether oxygens (including phenoxy) is 1. The summed E-state index contributed by atoms with van der Waals surface area (Å²) in [5.74, 6) is 2.49. The van der Waals surface area contributed by atoms with E-state index < -0.39 is 0 Å². The van der Waals surface area contributed by atoms with Crippen LogP contribution in [0.2, 0.25) is 0 Å². The topological polar surface area (TPSA) is 21.3 Å². The monoisotopic (exact) mass is 253 g/mol. The molecule has 2 aromatic carbocycles. The van der Waals surface area contributed by atoms with Crippen LogP contribution in [0.5, 0.6) is 11.5 Å². The first-order valence-corrected chi connectivity index (χ1v) is 6.95. The van der Waals surface area contributed by atoms with Crippen molar-refractivity contribution in [3.05, 3.63) is 60.2 Å². The molecule has 0 atom stereocenters. The van der Waals surface area contributed by atoms with Crippen LogP contribution in [0.1, 0.15) is 24.3 Å². The van der Waals surface area contributed by atoms with Crippen LogP contribution >= 0.6 is 0 Å². The Hall–Kier alpha value is -1.80. The fourth-order valence-corrected chi connectivity index (χ4v) is 2.61. The van der Waals surface area contributed by atoms with E-state index in [4.69, 9.17) is 4.74 Å². The first-order valence-electron chi connectivity index (χ1n) is 6.95. The third kappa shape index (κ3) is 3.15.